The van der Waals surface area contributed by atoms with Gasteiger partial charge < -0.3 is 14.2 Å². The highest BCUT2D eigenvalue weighted by atomic mass is 32.3. The summed E-state index contributed by atoms with van der Waals surface area (Å²) >= 11 is 0.344. The molecular weight excluding hydrogens is 2080 g/mol. The number of sulfonamides is 3. The fraction of sp³-hybridized carbons (Fsp3) is 0.391. The maximum atomic E-state index is 15.1. The van der Waals surface area contributed by atoms with Crippen molar-refractivity contribution >= 4 is 218 Å². The van der Waals surface area contributed by atoms with Crippen molar-refractivity contribution in [1.82, 2.24) is 0 Å². The zero-order chi connectivity index (χ0) is 93.5. The van der Waals surface area contributed by atoms with E-state index in [0.717, 1.165) is 78.9 Å². The van der Waals surface area contributed by atoms with Crippen molar-refractivity contribution in [2.24, 2.45) is 0 Å². The molecule has 60 nitrogen and oxygen atoms in total. The molecule has 0 aromatic heterocycles. The Bertz CT molecular complexity index is 6660. The first kappa shape index (κ1) is 104. The van der Waals surface area contributed by atoms with Crippen LogP contribution in [0, 0.1) is 0 Å². The van der Waals surface area contributed by atoms with Gasteiger partial charge in [-0.15, -0.1) is 0 Å². The van der Waals surface area contributed by atoms with E-state index in [0.29, 0.717) is 24.3 Å². The van der Waals surface area contributed by atoms with Crippen LogP contribution in [-0.4, -0.2) is 290 Å². The third-order valence-corrected chi connectivity index (χ3v) is 28.2. The van der Waals surface area contributed by atoms with E-state index in [2.05, 4.69) is 54.9 Å². The summed E-state index contributed by atoms with van der Waals surface area (Å²) in [5, 5.41) is -1.25. The number of benzene rings is 5. The molecule has 0 spiro atoms. The van der Waals surface area contributed by atoms with Crippen LogP contribution in [0.25, 0.3) is 10.8 Å². The number of fused-ring (bicyclic) bond motifs is 1. The molecule has 0 unspecified atom stereocenters. The number of nitrogens with one attached hydrogen (secondary N) is 3. The zero-order valence-corrected chi connectivity index (χ0v) is 73.4. The first-order chi connectivity index (χ1) is 56.0. The highest BCUT2D eigenvalue weighted by Gasteiger charge is 2.58. The van der Waals surface area contributed by atoms with Gasteiger partial charge in [0.1, 0.15) is 99.3 Å². The van der Waals surface area contributed by atoms with Gasteiger partial charge in [-0.1, -0.05) is 47.4 Å². The summed E-state index contributed by atoms with van der Waals surface area (Å²) < 4.78 is 563. The van der Waals surface area contributed by atoms with Crippen LogP contribution in [0.15, 0.2) is 133 Å². The predicted molar refractivity (Wildman–Crippen MR) is 400 cm³/mol. The van der Waals surface area contributed by atoms with E-state index < -0.39 is 307 Å². The average molecular weight is 2140 g/mol. The van der Waals surface area contributed by atoms with Gasteiger partial charge in [-0.05, 0) is 96.4 Å². The second-order valence-corrected chi connectivity index (χ2v) is 44.9. The second-order valence-electron chi connectivity index (χ2n) is 23.7. The van der Waals surface area contributed by atoms with E-state index in [1.54, 1.807) is 0 Å². The van der Waals surface area contributed by atoms with Crippen LogP contribution < -0.4 is 14.2 Å². The highest BCUT2D eigenvalue weighted by Crippen LogP contribution is 2.45. The molecule has 5 aromatic rings. The van der Waals surface area contributed by atoms with Crippen LogP contribution in [0.4, 0.5) is 17.1 Å². The largest absolute Gasteiger partial charge is 0.397 e. The molecule has 0 amide bonds. The summed E-state index contributed by atoms with van der Waals surface area (Å²) in [5.41, 5.74) is -8.71. The van der Waals surface area contributed by atoms with E-state index in [4.69, 9.17) is 14.2 Å². The molecule has 702 valence electrons. The highest BCUT2D eigenvalue weighted by molar-refractivity contribution is 8.00. The molecule has 3 heterocycles. The van der Waals surface area contributed by atoms with Crippen LogP contribution in [0.1, 0.15) is 0 Å². The lowest BCUT2D eigenvalue weighted by atomic mass is 10.0. The quantitative estimate of drug-likeness (QED) is 0.0172. The Hall–Kier alpha value is -5.02. The lowest BCUT2D eigenvalue weighted by Gasteiger charge is -2.43. The van der Waals surface area contributed by atoms with Crippen molar-refractivity contribution in [2.45, 2.75) is 119 Å². The van der Waals surface area contributed by atoms with Crippen LogP contribution in [0.5, 0.6) is 0 Å². The van der Waals surface area contributed by atoms with Gasteiger partial charge in [0.2, 0.25) is 0 Å². The molecule has 3 saturated heterocycles. The van der Waals surface area contributed by atoms with Gasteiger partial charge in [0.25, 0.3) is 30.1 Å². The number of ether oxygens (including phenoxy) is 3. The van der Waals surface area contributed by atoms with Gasteiger partial charge in [-0.3, -0.25) is 68.8 Å². The van der Waals surface area contributed by atoms with E-state index in [1.165, 1.54) is 0 Å². The Morgan fingerprint density at radius 1 is 0.266 bits per heavy atom. The van der Waals surface area contributed by atoms with Gasteiger partial charge in [-0.25, -0.2) is 75.5 Å². The molecule has 0 radical (unpaired) electrons. The number of hydrogen-bond donors (Lipinski definition) is 15. The predicted octanol–water partition coefficient (Wildman–Crippen LogP) is -3.16. The molecule has 78 heteroatoms. The Kier molecular flexibility index (Phi) is 32.7. The van der Waals surface area contributed by atoms with Crippen LogP contribution >= 0.6 is 35.3 Å². The monoisotopic (exact) mass is 2130 g/mol. The molecule has 3 aliphatic heterocycles. The molecule has 8 rings (SSSR count). The first-order valence-corrected chi connectivity index (χ1v) is 54.2. The van der Waals surface area contributed by atoms with E-state index in [-0.39, 0.29) is 50.0 Å². The summed E-state index contributed by atoms with van der Waals surface area (Å²) in [5.74, 6) is 0. The molecule has 15 atom stereocenters. The molecule has 0 saturated carbocycles. The minimum Gasteiger partial charge on any atom is -0.356 e. The lowest BCUT2D eigenvalue weighted by Crippen LogP contribution is -2.61. The smallest absolute Gasteiger partial charge is 0.356 e. The topological polar surface area (TPSA) is 929 Å². The molecular formula is C46H53N3O57S18. The number of rotatable bonds is 42. The van der Waals surface area contributed by atoms with E-state index in [1.807, 2.05) is 9.44 Å². The minimum atomic E-state index is -6.01. The third-order valence-electron chi connectivity index (χ3n) is 14.9. The summed E-state index contributed by atoms with van der Waals surface area (Å²) in [7, 11) is -86.5. The number of thioether (sulfide) groups is 3. The van der Waals surface area contributed by atoms with Crippen molar-refractivity contribution in [3.63, 3.8) is 0 Å². The van der Waals surface area contributed by atoms with E-state index in [9.17, 15) is 172 Å². The molecule has 3 fully saturated rings. The summed E-state index contributed by atoms with van der Waals surface area (Å²) in [6.45, 7) is -4.97. The fourth-order valence-corrected chi connectivity index (χ4v) is 24.0. The Labute approximate surface area is 713 Å². The molecule has 0 bridgehead atoms. The molecule has 3 aliphatic rings. The Balaban J connectivity index is 1.18. The Morgan fingerprint density at radius 3 is 0.766 bits per heavy atom. The number of hydrogen-bond acceptors (Lipinski definition) is 48. The van der Waals surface area contributed by atoms with Gasteiger partial charge >= 0.3 is 125 Å². The van der Waals surface area contributed by atoms with Gasteiger partial charge in [0.05, 0.1) is 24.7 Å². The van der Waals surface area contributed by atoms with Crippen molar-refractivity contribution in [1.29, 1.82) is 0 Å². The SMILES string of the molecule is O=S(=O)(O)OC[C@H]1O[C@@H](Sc2ccc(NS(=O)(=O)c3ccc4c(S(=O)(=O)Nc5ccc(S[C@@H]6O[C@H](COS(=O)(=O)O)[C@@H](OS(=O)(=O)O)[C@H](OS(=O)(=O)O)[C@H]6OS(=O)(=O)O)cc5)c(S(=O)(=O)Nc5ccc(S[C@@H]6O[C@H](COS(=O)(=O)O)[C@@H](OS(=O)(=O)O)[C@H](OS(=O)(=O)O)[C@H]6OS(=O)(=O)O)cc5)ccc4c3)cc2)[C@H](OS(=O)(=O)O)[C@@H](OS(=O)(=O)O)[C@@H]1OS(=O)(=O)O. The van der Waals surface area contributed by atoms with Crippen molar-refractivity contribution < 1.29 is 245 Å². The minimum absolute atomic E-state index is 0.0867. The van der Waals surface area contributed by atoms with Gasteiger partial charge in [0.15, 0.2) is 0 Å². The Morgan fingerprint density at radius 2 is 0.508 bits per heavy atom. The first-order valence-electron chi connectivity index (χ1n) is 30.7. The summed E-state index contributed by atoms with van der Waals surface area (Å²) in [4.78, 5) is -4.45. The summed E-state index contributed by atoms with van der Waals surface area (Å²) in [6, 6.07) is 13.6. The van der Waals surface area contributed by atoms with Crippen LogP contribution in [0.3, 0.4) is 0 Å². The van der Waals surface area contributed by atoms with Crippen molar-refractivity contribution in [3.8, 4) is 0 Å². The van der Waals surface area contributed by atoms with Crippen molar-refractivity contribution in [2.75, 3.05) is 34.0 Å². The number of anilines is 3. The maximum absolute atomic E-state index is 15.1. The van der Waals surface area contributed by atoms with Crippen LogP contribution in [0.2, 0.25) is 0 Å². The normalized spacial score (nSPS) is 24.9. The third kappa shape index (κ3) is 32.8. The second kappa shape index (κ2) is 38.8. The van der Waals surface area contributed by atoms with Gasteiger partial charge in [-0.2, -0.15) is 101 Å². The molecule has 0 aliphatic carbocycles. The molecule has 15 N–H and O–H groups in total. The fourth-order valence-electron chi connectivity index (χ4n) is 10.8. The average Bonchev–Trinajstić information content (AvgIpc) is 0.742. The van der Waals surface area contributed by atoms with Gasteiger partial charge in [0, 0.05) is 37.1 Å². The van der Waals surface area contributed by atoms with Crippen molar-refractivity contribution in [3.05, 3.63) is 103 Å². The lowest BCUT2D eigenvalue weighted by molar-refractivity contribution is -0.183. The standard InChI is InChI=1S/C46H53N3O57S18/c50-110(51,47-22-2-8-25(9-3-22)107-44-40(104-122(83,84)85)37(101-119(74,75)76)34(98-116(65,66)67)30(95-44)18-92-113(56,57)58)28-14-15-29-21(17-28)1-16-33(111(52,53)48-23-4-10-26(11-5-23)108-45-41(105-123(86,87)88)38(102-120(77,78)79)35(99-117(68,69)70)31(96-45)19-93-114(59,60)61)43(29)112(54,55)49-24-6-12-27(13-7-24)109-46-42(106-124(89,90)91)39(103-121(80,81)82)36(100-118(71,72)73)32(97-46)20-94-115(62,63)64/h1-17,30-32,34-42,44-49H,18-20H2,(H,56,57,58)(H,59,60,61)(H,62,63,64)(H,65,66,67)(H,68,69,70)(H,71,72,73)(H,74,75,76)(H,77,78,79)(H,80,81,82)(H,83,84,85)(H,86,87,88)(H,89,90,91)/t30-,31-,32-,34-,35-,36-,37+,38+,39+,40-,41-,42-,44+,45+,46+/m1/s1. The molecule has 5 aromatic carbocycles. The van der Waals surface area contributed by atoms with Crippen LogP contribution in [-0.2, 0) is 219 Å². The summed E-state index contributed by atoms with van der Waals surface area (Å²) in [6.07, 6.45) is -33.5. The van der Waals surface area contributed by atoms with E-state index >= 15 is 8.42 Å². The zero-order valence-electron chi connectivity index (χ0n) is 58.7. The molecule has 124 heavy (non-hydrogen) atoms. The maximum Gasteiger partial charge on any atom is 0.397 e.